The molecule has 0 saturated carbocycles. The highest BCUT2D eigenvalue weighted by Crippen LogP contribution is 2.28. The van der Waals surface area contributed by atoms with Crippen LogP contribution in [-0.4, -0.2) is 43.9 Å². The molecule has 1 aliphatic rings. The van der Waals surface area contributed by atoms with E-state index in [1.165, 1.54) is 24.6 Å². The average Bonchev–Trinajstić information content (AvgIpc) is 3.38. The first kappa shape index (κ1) is 22.1. The number of halogens is 2. The minimum atomic E-state index is -0.399. The molecule has 0 unspecified atom stereocenters. The Morgan fingerprint density at radius 1 is 1.10 bits per heavy atom. The van der Waals surface area contributed by atoms with Gasteiger partial charge in [0.2, 0.25) is 5.91 Å². The van der Waals surface area contributed by atoms with Crippen LogP contribution in [0.1, 0.15) is 25.6 Å². The van der Waals surface area contributed by atoms with Crippen molar-refractivity contribution in [1.82, 2.24) is 19.7 Å². The number of thioether (sulfide) groups is 1. The van der Waals surface area contributed by atoms with E-state index in [4.69, 9.17) is 23.2 Å². The van der Waals surface area contributed by atoms with Crippen molar-refractivity contribution in [2.45, 2.75) is 36.7 Å². The number of hydrogen-bond acceptors (Lipinski definition) is 5. The van der Waals surface area contributed by atoms with Gasteiger partial charge in [0.05, 0.1) is 11.8 Å². The van der Waals surface area contributed by atoms with E-state index in [0.29, 0.717) is 20.9 Å². The summed E-state index contributed by atoms with van der Waals surface area (Å²) in [4.78, 5) is 15.2. The summed E-state index contributed by atoms with van der Waals surface area (Å²) in [6.45, 7) is 4.73. The Balaban J connectivity index is 1.54. The van der Waals surface area contributed by atoms with Gasteiger partial charge in [-0.05, 0) is 63.2 Å². The molecular weight excluding hydrogens is 453 g/mol. The Kier molecular flexibility index (Phi) is 7.17. The Morgan fingerprint density at radius 3 is 2.45 bits per heavy atom. The van der Waals surface area contributed by atoms with Gasteiger partial charge in [0.1, 0.15) is 0 Å². The molecule has 2 aromatic carbocycles. The molecule has 6 nitrogen and oxygen atoms in total. The number of aromatic nitrogens is 3. The quantitative estimate of drug-likeness (QED) is 0.470. The third-order valence-corrected chi connectivity index (χ3v) is 6.54. The predicted molar refractivity (Wildman–Crippen MR) is 126 cm³/mol. The normalized spacial score (nSPS) is 15.2. The van der Waals surface area contributed by atoms with Crippen molar-refractivity contribution in [3.8, 4) is 5.69 Å². The standard InChI is InChI=1S/C22H23Cl2N5OS/c1-15(21(30)25-18-12-16(23)11-17(24)13-18)31-22-27-26-20(14-28-9-5-6-10-28)29(22)19-7-3-2-4-8-19/h2-4,7-8,11-13,15H,5-6,9-10,14H2,1H3,(H,25,30)/t15-/m1/s1. The van der Waals surface area contributed by atoms with Crippen molar-refractivity contribution in [3.63, 3.8) is 0 Å². The third kappa shape index (κ3) is 5.60. The molecule has 1 aromatic heterocycles. The topological polar surface area (TPSA) is 63.1 Å². The van der Waals surface area contributed by atoms with Crippen LogP contribution in [0.2, 0.25) is 10.0 Å². The highest BCUT2D eigenvalue weighted by molar-refractivity contribution is 8.00. The minimum absolute atomic E-state index is 0.160. The molecule has 1 fully saturated rings. The minimum Gasteiger partial charge on any atom is -0.325 e. The fourth-order valence-electron chi connectivity index (χ4n) is 3.54. The summed E-state index contributed by atoms with van der Waals surface area (Å²) in [6, 6.07) is 15.0. The second kappa shape index (κ2) is 10.0. The second-order valence-corrected chi connectivity index (χ2v) is 9.64. The van der Waals surface area contributed by atoms with Gasteiger partial charge in [-0.15, -0.1) is 10.2 Å². The largest absolute Gasteiger partial charge is 0.325 e. The summed E-state index contributed by atoms with van der Waals surface area (Å²) in [5.74, 6) is 0.719. The van der Waals surface area contributed by atoms with Crippen LogP contribution in [0.25, 0.3) is 5.69 Å². The van der Waals surface area contributed by atoms with Gasteiger partial charge in [-0.2, -0.15) is 0 Å². The number of hydrogen-bond donors (Lipinski definition) is 1. The van der Waals surface area contributed by atoms with Gasteiger partial charge < -0.3 is 5.32 Å². The van der Waals surface area contributed by atoms with Crippen LogP contribution >= 0.6 is 35.0 Å². The molecular formula is C22H23Cl2N5OS. The predicted octanol–water partition coefficient (Wildman–Crippen LogP) is 5.29. The summed E-state index contributed by atoms with van der Waals surface area (Å²) >= 11 is 13.4. The van der Waals surface area contributed by atoms with Crippen LogP contribution < -0.4 is 5.32 Å². The molecule has 1 amide bonds. The van der Waals surface area contributed by atoms with Crippen LogP contribution in [0.15, 0.2) is 53.7 Å². The fraction of sp³-hybridized carbons (Fsp3) is 0.318. The van der Waals surface area contributed by atoms with E-state index in [2.05, 4.69) is 20.4 Å². The van der Waals surface area contributed by atoms with Crippen LogP contribution in [0, 0.1) is 0 Å². The molecule has 4 rings (SSSR count). The summed E-state index contributed by atoms with van der Waals surface area (Å²) in [5.41, 5.74) is 1.55. The summed E-state index contributed by atoms with van der Waals surface area (Å²) < 4.78 is 2.04. The van der Waals surface area contributed by atoms with Crippen molar-refractivity contribution in [2.75, 3.05) is 18.4 Å². The third-order valence-electron chi connectivity index (χ3n) is 5.06. The molecule has 9 heteroatoms. The number of benzene rings is 2. The van der Waals surface area contributed by atoms with E-state index in [-0.39, 0.29) is 5.91 Å². The van der Waals surface area contributed by atoms with Crippen molar-refractivity contribution < 1.29 is 4.79 Å². The van der Waals surface area contributed by atoms with E-state index >= 15 is 0 Å². The lowest BCUT2D eigenvalue weighted by molar-refractivity contribution is -0.115. The Labute approximate surface area is 195 Å². The first-order chi connectivity index (χ1) is 15.0. The van der Waals surface area contributed by atoms with Crippen LogP contribution in [-0.2, 0) is 11.3 Å². The molecule has 0 bridgehead atoms. The zero-order chi connectivity index (χ0) is 21.8. The number of carbonyl (C=O) groups excluding carboxylic acids is 1. The van der Waals surface area contributed by atoms with Crippen molar-refractivity contribution in [1.29, 1.82) is 0 Å². The molecule has 0 radical (unpaired) electrons. The van der Waals surface area contributed by atoms with Crippen molar-refractivity contribution >= 4 is 46.6 Å². The van der Waals surface area contributed by atoms with E-state index in [0.717, 1.165) is 31.1 Å². The SMILES string of the molecule is C[C@@H](Sc1nnc(CN2CCCC2)n1-c1ccccc1)C(=O)Nc1cc(Cl)cc(Cl)c1. The van der Waals surface area contributed by atoms with Crippen LogP contribution in [0.3, 0.4) is 0 Å². The first-order valence-corrected chi connectivity index (χ1v) is 11.8. The number of likely N-dealkylation sites (tertiary alicyclic amines) is 1. The average molecular weight is 476 g/mol. The number of para-hydroxylation sites is 1. The lowest BCUT2D eigenvalue weighted by Gasteiger charge is -2.17. The molecule has 162 valence electrons. The smallest absolute Gasteiger partial charge is 0.237 e. The molecule has 0 aliphatic carbocycles. The number of rotatable bonds is 7. The van der Waals surface area contributed by atoms with Gasteiger partial charge in [-0.1, -0.05) is 53.2 Å². The van der Waals surface area contributed by atoms with Gasteiger partial charge in [0.25, 0.3) is 0 Å². The van der Waals surface area contributed by atoms with Gasteiger partial charge in [0, 0.05) is 21.4 Å². The number of carbonyl (C=O) groups is 1. The van der Waals surface area contributed by atoms with Crippen LogP contribution in [0.4, 0.5) is 5.69 Å². The van der Waals surface area contributed by atoms with E-state index < -0.39 is 5.25 Å². The van der Waals surface area contributed by atoms with Crippen molar-refractivity contribution in [3.05, 3.63) is 64.4 Å². The van der Waals surface area contributed by atoms with E-state index in [9.17, 15) is 4.79 Å². The molecule has 31 heavy (non-hydrogen) atoms. The van der Waals surface area contributed by atoms with E-state index in [1.54, 1.807) is 18.2 Å². The Bertz CT molecular complexity index is 1030. The highest BCUT2D eigenvalue weighted by atomic mass is 35.5. The van der Waals surface area contributed by atoms with E-state index in [1.807, 2.05) is 41.8 Å². The molecule has 1 atom stereocenters. The molecule has 0 spiro atoms. The lowest BCUT2D eigenvalue weighted by atomic mass is 10.3. The number of nitrogens with zero attached hydrogens (tertiary/aromatic N) is 4. The number of anilines is 1. The summed E-state index contributed by atoms with van der Waals surface area (Å²) in [7, 11) is 0. The van der Waals surface area contributed by atoms with Gasteiger partial charge in [-0.25, -0.2) is 0 Å². The first-order valence-electron chi connectivity index (χ1n) is 10.2. The lowest BCUT2D eigenvalue weighted by Crippen LogP contribution is -2.23. The molecule has 1 N–H and O–H groups in total. The maximum Gasteiger partial charge on any atom is 0.237 e. The Morgan fingerprint density at radius 2 is 1.77 bits per heavy atom. The van der Waals surface area contributed by atoms with Gasteiger partial charge in [0.15, 0.2) is 11.0 Å². The van der Waals surface area contributed by atoms with Gasteiger partial charge in [-0.3, -0.25) is 14.3 Å². The molecule has 2 heterocycles. The monoisotopic (exact) mass is 475 g/mol. The number of amides is 1. The molecule has 1 saturated heterocycles. The zero-order valence-corrected chi connectivity index (χ0v) is 19.4. The zero-order valence-electron chi connectivity index (χ0n) is 17.1. The van der Waals surface area contributed by atoms with Gasteiger partial charge >= 0.3 is 0 Å². The fourth-order valence-corrected chi connectivity index (χ4v) is 4.95. The summed E-state index contributed by atoms with van der Waals surface area (Å²) in [5, 5.41) is 13.0. The number of nitrogens with one attached hydrogen (secondary N) is 1. The maximum atomic E-state index is 12.8. The Hall–Kier alpha value is -2.06. The highest BCUT2D eigenvalue weighted by Gasteiger charge is 2.23. The second-order valence-electron chi connectivity index (χ2n) is 7.46. The molecule has 3 aromatic rings. The van der Waals surface area contributed by atoms with Crippen LogP contribution in [0.5, 0.6) is 0 Å². The molecule has 1 aliphatic heterocycles. The summed E-state index contributed by atoms with van der Waals surface area (Å²) in [6.07, 6.45) is 2.43. The van der Waals surface area contributed by atoms with Crippen molar-refractivity contribution in [2.24, 2.45) is 0 Å². The maximum absolute atomic E-state index is 12.8.